The molecule has 0 radical (unpaired) electrons. The van der Waals surface area contributed by atoms with Crippen LogP contribution in [0.2, 0.25) is 0 Å². The minimum Gasteiger partial charge on any atom is -0.389 e. The molecular weight excluding hydrogens is 414 g/mol. The van der Waals surface area contributed by atoms with Crippen LogP contribution in [0.4, 0.5) is 5.82 Å². The summed E-state index contributed by atoms with van der Waals surface area (Å²) in [6, 6.07) is 10.4. The molecule has 0 aliphatic heterocycles. The first kappa shape index (κ1) is 19.0. The van der Waals surface area contributed by atoms with Gasteiger partial charge in [0.2, 0.25) is 0 Å². The molecule has 0 atom stereocenters. The molecule has 2 aromatic heterocycles. The summed E-state index contributed by atoms with van der Waals surface area (Å²) in [6.45, 7) is 8.11. The van der Waals surface area contributed by atoms with Crippen molar-refractivity contribution < 1.29 is 0 Å². The molecule has 3 aromatic rings. The summed E-state index contributed by atoms with van der Waals surface area (Å²) in [7, 11) is 0. The Hall–Kier alpha value is -2.34. The van der Waals surface area contributed by atoms with Crippen molar-refractivity contribution in [3.8, 4) is 11.3 Å². The zero-order valence-corrected chi connectivity index (χ0v) is 17.8. The number of aromatic nitrogens is 3. The van der Waals surface area contributed by atoms with Crippen LogP contribution in [0.1, 0.15) is 31.2 Å². The van der Waals surface area contributed by atoms with Crippen molar-refractivity contribution in [3.05, 3.63) is 58.8 Å². The number of nitrogens with zero attached hydrogens (tertiary/aromatic N) is 3. The number of benzene rings is 1. The van der Waals surface area contributed by atoms with Gasteiger partial charge in [0.1, 0.15) is 5.82 Å². The number of hydrogen-bond donors (Lipinski definition) is 2. The van der Waals surface area contributed by atoms with E-state index in [2.05, 4.69) is 75.5 Å². The van der Waals surface area contributed by atoms with Crippen molar-refractivity contribution in [2.24, 2.45) is 5.92 Å². The van der Waals surface area contributed by atoms with Crippen LogP contribution in [-0.2, 0) is 0 Å². The molecule has 2 heterocycles. The van der Waals surface area contributed by atoms with E-state index in [1.54, 1.807) is 6.20 Å². The minimum absolute atomic E-state index is 0.723. The summed E-state index contributed by atoms with van der Waals surface area (Å²) < 4.78 is 2.76. The van der Waals surface area contributed by atoms with Gasteiger partial charge in [-0.3, -0.25) is 0 Å². The van der Waals surface area contributed by atoms with Crippen LogP contribution in [0.5, 0.6) is 0 Å². The van der Waals surface area contributed by atoms with Crippen LogP contribution in [0.15, 0.2) is 53.3 Å². The first-order valence-corrected chi connectivity index (χ1v) is 10.7. The fourth-order valence-corrected chi connectivity index (χ4v) is 3.70. The summed E-state index contributed by atoms with van der Waals surface area (Å²) in [5.74, 6) is 1.69. The van der Waals surface area contributed by atoms with Gasteiger partial charge in [-0.15, -0.1) is 0 Å². The average Bonchev–Trinajstić information content (AvgIpc) is 3.48. The van der Waals surface area contributed by atoms with Gasteiger partial charge in [-0.25, -0.2) is 4.98 Å². The van der Waals surface area contributed by atoms with Crippen LogP contribution >= 0.6 is 15.9 Å². The van der Waals surface area contributed by atoms with Crippen LogP contribution in [0, 0.1) is 12.8 Å². The highest BCUT2D eigenvalue weighted by atomic mass is 79.9. The number of nitrogens with one attached hydrogen (secondary N) is 2. The number of unbranched alkanes of at least 4 members (excludes halogenated alkanes) is 1. The largest absolute Gasteiger partial charge is 0.389 e. The summed E-state index contributed by atoms with van der Waals surface area (Å²) in [5.41, 5.74) is 5.35. The Morgan fingerprint density at radius 1 is 1.25 bits per heavy atom. The van der Waals surface area contributed by atoms with Crippen molar-refractivity contribution in [2.75, 3.05) is 18.4 Å². The van der Waals surface area contributed by atoms with Crippen LogP contribution in [-0.4, -0.2) is 27.7 Å². The van der Waals surface area contributed by atoms with E-state index < -0.39 is 0 Å². The Kier molecular flexibility index (Phi) is 5.67. The molecule has 6 heteroatoms. The number of aryl methyl sites for hydroxylation is 1. The SMILES string of the molecule is C=C(NCCCCNc1cc(-c2ccccc2C)nc2c(Br)cnn12)C1CC1. The smallest absolute Gasteiger partial charge is 0.172 e. The normalized spacial score (nSPS) is 13.6. The van der Waals surface area contributed by atoms with Gasteiger partial charge >= 0.3 is 0 Å². The second-order valence-corrected chi connectivity index (χ2v) is 8.28. The molecule has 5 nitrogen and oxygen atoms in total. The predicted octanol–water partition coefficient (Wildman–Crippen LogP) is 5.17. The van der Waals surface area contributed by atoms with Crippen LogP contribution in [0.3, 0.4) is 0 Å². The standard InChI is InChI=1S/C22H26BrN5/c1-15-7-3-4-8-18(15)20-13-21(28-22(27-20)19(23)14-26-28)25-12-6-5-11-24-16(2)17-9-10-17/h3-4,7-8,13-14,17,24-25H,2,5-6,9-12H2,1H3. The minimum atomic E-state index is 0.723. The van der Waals surface area contributed by atoms with Crippen LogP contribution < -0.4 is 10.6 Å². The van der Waals surface area contributed by atoms with E-state index in [0.717, 1.165) is 59.0 Å². The van der Waals surface area contributed by atoms with Gasteiger partial charge in [0.25, 0.3) is 0 Å². The zero-order chi connectivity index (χ0) is 19.5. The third-order valence-corrected chi connectivity index (χ3v) is 5.74. The average molecular weight is 440 g/mol. The van der Waals surface area contributed by atoms with Crippen molar-refractivity contribution in [2.45, 2.75) is 32.6 Å². The maximum Gasteiger partial charge on any atom is 0.172 e. The number of anilines is 1. The molecule has 28 heavy (non-hydrogen) atoms. The van der Waals surface area contributed by atoms with E-state index in [0.29, 0.717) is 0 Å². The summed E-state index contributed by atoms with van der Waals surface area (Å²) in [4.78, 5) is 4.82. The van der Waals surface area contributed by atoms with Crippen molar-refractivity contribution in [3.63, 3.8) is 0 Å². The monoisotopic (exact) mass is 439 g/mol. The Morgan fingerprint density at radius 2 is 2.04 bits per heavy atom. The Morgan fingerprint density at radius 3 is 2.82 bits per heavy atom. The summed E-state index contributed by atoms with van der Waals surface area (Å²) in [5, 5.41) is 11.5. The molecule has 146 valence electrons. The molecule has 1 saturated carbocycles. The molecule has 0 bridgehead atoms. The van der Waals surface area contributed by atoms with E-state index in [1.165, 1.54) is 24.1 Å². The molecule has 1 aliphatic carbocycles. The Bertz CT molecular complexity index is 990. The van der Waals surface area contributed by atoms with Crippen LogP contribution in [0.25, 0.3) is 16.9 Å². The molecule has 0 amide bonds. The maximum atomic E-state index is 4.82. The predicted molar refractivity (Wildman–Crippen MR) is 118 cm³/mol. The van der Waals surface area contributed by atoms with Crippen molar-refractivity contribution >= 4 is 27.4 Å². The number of halogens is 1. The highest BCUT2D eigenvalue weighted by Gasteiger charge is 2.23. The molecule has 1 fully saturated rings. The second-order valence-electron chi connectivity index (χ2n) is 7.43. The van der Waals surface area contributed by atoms with Gasteiger partial charge in [0, 0.05) is 30.4 Å². The molecule has 2 N–H and O–H groups in total. The van der Waals surface area contributed by atoms with E-state index in [-0.39, 0.29) is 0 Å². The highest BCUT2D eigenvalue weighted by molar-refractivity contribution is 9.10. The topological polar surface area (TPSA) is 54.2 Å². The lowest BCUT2D eigenvalue weighted by Crippen LogP contribution is -2.16. The van der Waals surface area contributed by atoms with Gasteiger partial charge in [-0.1, -0.05) is 30.8 Å². The van der Waals surface area contributed by atoms with E-state index in [4.69, 9.17) is 4.98 Å². The molecule has 1 aromatic carbocycles. The highest BCUT2D eigenvalue weighted by Crippen LogP contribution is 2.34. The number of rotatable bonds is 9. The zero-order valence-electron chi connectivity index (χ0n) is 16.2. The van der Waals surface area contributed by atoms with E-state index in [9.17, 15) is 0 Å². The van der Waals surface area contributed by atoms with Gasteiger partial charge in [-0.05, 0) is 60.0 Å². The molecular formula is C22H26BrN5. The molecule has 0 saturated heterocycles. The first-order valence-electron chi connectivity index (χ1n) is 9.90. The molecule has 0 spiro atoms. The third-order valence-electron chi connectivity index (χ3n) is 5.18. The number of hydrogen-bond acceptors (Lipinski definition) is 4. The lowest BCUT2D eigenvalue weighted by atomic mass is 10.1. The Labute approximate surface area is 174 Å². The molecule has 1 aliphatic rings. The van der Waals surface area contributed by atoms with Crippen molar-refractivity contribution in [1.29, 1.82) is 0 Å². The number of fused-ring (bicyclic) bond motifs is 1. The van der Waals surface area contributed by atoms with Gasteiger partial charge < -0.3 is 10.6 Å². The fraction of sp³-hybridized carbons (Fsp3) is 0.364. The molecule has 0 unspecified atom stereocenters. The molecule has 4 rings (SSSR count). The number of allylic oxidation sites excluding steroid dienone is 1. The third kappa shape index (κ3) is 4.22. The lowest BCUT2D eigenvalue weighted by Gasteiger charge is -2.12. The maximum absolute atomic E-state index is 4.82. The van der Waals surface area contributed by atoms with Gasteiger partial charge in [0.05, 0.1) is 16.4 Å². The summed E-state index contributed by atoms with van der Waals surface area (Å²) >= 11 is 3.57. The van der Waals surface area contributed by atoms with Gasteiger partial charge in [-0.2, -0.15) is 9.61 Å². The first-order chi connectivity index (χ1) is 13.6. The van der Waals surface area contributed by atoms with Crippen molar-refractivity contribution in [1.82, 2.24) is 19.9 Å². The lowest BCUT2D eigenvalue weighted by molar-refractivity contribution is 0.669. The Balaban J connectivity index is 1.44. The van der Waals surface area contributed by atoms with E-state index >= 15 is 0 Å². The quantitative estimate of drug-likeness (QED) is 0.451. The van der Waals surface area contributed by atoms with Gasteiger partial charge in [0.15, 0.2) is 5.65 Å². The fourth-order valence-electron chi connectivity index (χ4n) is 3.35. The van der Waals surface area contributed by atoms with E-state index in [1.807, 2.05) is 4.52 Å². The summed E-state index contributed by atoms with van der Waals surface area (Å²) in [6.07, 6.45) is 6.59. The second kappa shape index (κ2) is 8.35.